The predicted molar refractivity (Wildman–Crippen MR) is 134 cm³/mol. The van der Waals surface area contributed by atoms with E-state index in [-0.39, 0.29) is 30.7 Å². The third-order valence-corrected chi connectivity index (χ3v) is 5.00. The molecular formula is C26H23BrN2O5. The van der Waals surface area contributed by atoms with E-state index in [1.807, 2.05) is 30.3 Å². The highest BCUT2D eigenvalue weighted by atomic mass is 79.9. The van der Waals surface area contributed by atoms with E-state index in [4.69, 9.17) is 9.47 Å². The van der Waals surface area contributed by atoms with Crippen molar-refractivity contribution in [1.82, 2.24) is 5.32 Å². The molecule has 174 valence electrons. The van der Waals surface area contributed by atoms with Gasteiger partial charge in [-0.1, -0.05) is 40.2 Å². The van der Waals surface area contributed by atoms with Crippen LogP contribution in [0, 0.1) is 0 Å². The molecule has 7 nitrogen and oxygen atoms in total. The van der Waals surface area contributed by atoms with Crippen LogP contribution in [0.2, 0.25) is 0 Å². The van der Waals surface area contributed by atoms with Crippen molar-refractivity contribution in [3.63, 3.8) is 0 Å². The maximum absolute atomic E-state index is 12.4. The largest absolute Gasteiger partial charge is 0.513 e. The molecule has 0 aromatic heterocycles. The van der Waals surface area contributed by atoms with E-state index in [1.165, 1.54) is 18.2 Å². The van der Waals surface area contributed by atoms with Crippen LogP contribution >= 0.6 is 15.9 Å². The minimum atomic E-state index is -0.796. The van der Waals surface area contributed by atoms with Crippen molar-refractivity contribution in [3.8, 4) is 5.75 Å². The Morgan fingerprint density at radius 3 is 2.47 bits per heavy atom. The van der Waals surface area contributed by atoms with Gasteiger partial charge in [0, 0.05) is 28.3 Å². The maximum Gasteiger partial charge on any atom is 0.513 e. The van der Waals surface area contributed by atoms with Gasteiger partial charge in [-0.15, -0.1) is 0 Å². The lowest BCUT2D eigenvalue weighted by atomic mass is 10.1. The van der Waals surface area contributed by atoms with Crippen molar-refractivity contribution in [1.29, 1.82) is 0 Å². The van der Waals surface area contributed by atoms with Gasteiger partial charge >= 0.3 is 6.16 Å². The highest BCUT2D eigenvalue weighted by Gasteiger charge is 2.09. The van der Waals surface area contributed by atoms with Gasteiger partial charge in [-0.2, -0.15) is 0 Å². The fourth-order valence-electron chi connectivity index (χ4n) is 2.93. The number of anilines is 1. The molecule has 0 bridgehead atoms. The van der Waals surface area contributed by atoms with E-state index in [9.17, 15) is 14.4 Å². The Labute approximate surface area is 205 Å². The zero-order valence-corrected chi connectivity index (χ0v) is 20.0. The van der Waals surface area contributed by atoms with Crippen LogP contribution in [-0.2, 0) is 16.1 Å². The van der Waals surface area contributed by atoms with E-state index in [0.29, 0.717) is 11.3 Å². The molecule has 2 amide bonds. The topological polar surface area (TPSA) is 93.7 Å². The van der Waals surface area contributed by atoms with Gasteiger partial charge in [-0.3, -0.25) is 9.59 Å². The summed E-state index contributed by atoms with van der Waals surface area (Å²) in [6, 6.07) is 21.0. The smallest absolute Gasteiger partial charge is 0.434 e. The predicted octanol–water partition coefficient (Wildman–Crippen LogP) is 5.57. The zero-order chi connectivity index (χ0) is 24.3. The van der Waals surface area contributed by atoms with Gasteiger partial charge in [0.2, 0.25) is 5.91 Å². The molecule has 0 aliphatic heterocycles. The highest BCUT2D eigenvalue weighted by molar-refractivity contribution is 9.10. The van der Waals surface area contributed by atoms with Crippen LogP contribution in [0.4, 0.5) is 10.5 Å². The van der Waals surface area contributed by atoms with Crippen LogP contribution in [-0.4, -0.2) is 24.6 Å². The molecule has 0 saturated heterocycles. The van der Waals surface area contributed by atoms with Crippen molar-refractivity contribution in [2.24, 2.45) is 0 Å². The number of halogens is 1. The van der Waals surface area contributed by atoms with E-state index in [1.54, 1.807) is 43.3 Å². The second-order valence-corrected chi connectivity index (χ2v) is 7.99. The number of benzene rings is 3. The van der Waals surface area contributed by atoms with Crippen LogP contribution in [0.5, 0.6) is 5.75 Å². The van der Waals surface area contributed by atoms with Gasteiger partial charge in [0.25, 0.3) is 5.91 Å². The number of nitrogens with one attached hydrogen (secondary N) is 2. The fraction of sp³-hybridized carbons (Fsp3) is 0.115. The van der Waals surface area contributed by atoms with Crippen molar-refractivity contribution in [2.45, 2.75) is 13.5 Å². The van der Waals surface area contributed by atoms with Crippen molar-refractivity contribution >= 4 is 45.7 Å². The summed E-state index contributed by atoms with van der Waals surface area (Å²) >= 11 is 3.40. The quantitative estimate of drug-likeness (QED) is 0.229. The Bertz CT molecular complexity index is 1190. The molecule has 0 atom stereocenters. The highest BCUT2D eigenvalue weighted by Crippen LogP contribution is 2.15. The average molecular weight is 523 g/mol. The Balaban J connectivity index is 1.52. The van der Waals surface area contributed by atoms with Gasteiger partial charge in [0.15, 0.2) is 0 Å². The van der Waals surface area contributed by atoms with Crippen LogP contribution < -0.4 is 15.4 Å². The lowest BCUT2D eigenvalue weighted by Crippen LogP contribution is -2.22. The molecule has 0 aliphatic carbocycles. The first-order valence-electron chi connectivity index (χ1n) is 10.5. The van der Waals surface area contributed by atoms with E-state index in [0.717, 1.165) is 15.6 Å². The standard InChI is InChI=1S/C26H23BrN2O5/c1-2-33-26(32)34-23-12-10-20(11-13-23)25(31)28-17-19-6-4-8-22(16-19)29-24(30)14-9-18-5-3-7-21(27)15-18/h3-16H,2,17H2,1H3,(H,28,31)(H,29,30)/b14-9+. The normalized spacial score (nSPS) is 10.5. The average Bonchev–Trinajstić information content (AvgIpc) is 2.82. The molecule has 0 spiro atoms. The molecule has 8 heteroatoms. The van der Waals surface area contributed by atoms with Crippen molar-refractivity contribution in [2.75, 3.05) is 11.9 Å². The van der Waals surface area contributed by atoms with E-state index in [2.05, 4.69) is 26.6 Å². The summed E-state index contributed by atoms with van der Waals surface area (Å²) in [4.78, 5) is 36.0. The summed E-state index contributed by atoms with van der Waals surface area (Å²) in [5.74, 6) is -0.257. The number of carbonyl (C=O) groups excluding carboxylic acids is 3. The lowest BCUT2D eigenvalue weighted by molar-refractivity contribution is -0.111. The summed E-state index contributed by atoms with van der Waals surface area (Å²) in [7, 11) is 0. The number of ether oxygens (including phenoxy) is 2. The molecule has 0 unspecified atom stereocenters. The van der Waals surface area contributed by atoms with Gasteiger partial charge in [-0.25, -0.2) is 4.79 Å². The Hall–Kier alpha value is -3.91. The molecule has 2 N–H and O–H groups in total. The van der Waals surface area contributed by atoms with E-state index < -0.39 is 6.16 Å². The summed E-state index contributed by atoms with van der Waals surface area (Å²) in [6.07, 6.45) is 2.40. The van der Waals surface area contributed by atoms with Crippen molar-refractivity contribution < 1.29 is 23.9 Å². The Morgan fingerprint density at radius 2 is 1.74 bits per heavy atom. The second kappa shape index (κ2) is 12.4. The molecule has 3 aromatic carbocycles. The number of rotatable bonds is 8. The second-order valence-electron chi connectivity index (χ2n) is 7.07. The molecule has 3 rings (SSSR count). The van der Waals surface area contributed by atoms with Gasteiger partial charge in [0.1, 0.15) is 5.75 Å². The summed E-state index contributed by atoms with van der Waals surface area (Å²) < 4.78 is 10.6. The van der Waals surface area contributed by atoms with Crippen LogP contribution in [0.25, 0.3) is 6.08 Å². The summed E-state index contributed by atoms with van der Waals surface area (Å²) in [5, 5.41) is 5.64. The molecule has 0 radical (unpaired) electrons. The first kappa shape index (κ1) is 24.7. The Morgan fingerprint density at radius 1 is 0.971 bits per heavy atom. The van der Waals surface area contributed by atoms with Crippen LogP contribution in [0.15, 0.2) is 83.3 Å². The zero-order valence-electron chi connectivity index (χ0n) is 18.4. The van der Waals surface area contributed by atoms with Crippen LogP contribution in [0.1, 0.15) is 28.4 Å². The molecule has 0 saturated carbocycles. The molecule has 0 aliphatic rings. The monoisotopic (exact) mass is 522 g/mol. The Kier molecular flexibility index (Phi) is 8.99. The molecule has 0 fully saturated rings. The number of hydrogen-bond acceptors (Lipinski definition) is 5. The van der Waals surface area contributed by atoms with Gasteiger partial charge in [-0.05, 0) is 72.7 Å². The summed E-state index contributed by atoms with van der Waals surface area (Å²) in [5.41, 5.74) is 2.76. The third kappa shape index (κ3) is 7.90. The molecular weight excluding hydrogens is 500 g/mol. The van der Waals surface area contributed by atoms with Crippen LogP contribution in [0.3, 0.4) is 0 Å². The molecule has 0 heterocycles. The SMILES string of the molecule is CCOC(=O)Oc1ccc(C(=O)NCc2cccc(NC(=O)/C=C/c3cccc(Br)c3)c2)cc1. The lowest BCUT2D eigenvalue weighted by Gasteiger charge is -2.09. The molecule has 3 aromatic rings. The number of hydrogen-bond donors (Lipinski definition) is 2. The van der Waals surface area contributed by atoms with Crippen molar-refractivity contribution in [3.05, 3.63) is 100 Å². The number of carbonyl (C=O) groups is 3. The first-order chi connectivity index (χ1) is 16.4. The third-order valence-electron chi connectivity index (χ3n) is 4.50. The summed E-state index contributed by atoms with van der Waals surface area (Å²) in [6.45, 7) is 2.17. The van der Waals surface area contributed by atoms with Gasteiger partial charge in [0.05, 0.1) is 6.61 Å². The fourth-order valence-corrected chi connectivity index (χ4v) is 3.34. The number of amides is 2. The minimum absolute atomic E-state index is 0.215. The van der Waals surface area contributed by atoms with Gasteiger partial charge < -0.3 is 20.1 Å². The maximum atomic E-state index is 12.4. The first-order valence-corrected chi connectivity index (χ1v) is 11.3. The molecule has 34 heavy (non-hydrogen) atoms. The minimum Gasteiger partial charge on any atom is -0.434 e. The van der Waals surface area contributed by atoms with E-state index >= 15 is 0 Å².